The SMILES string of the molecule is CC1Cc2cc(CC3CCCCN3)ccc2N1S(C)(=O)=O. The van der Waals surface area contributed by atoms with Crippen LogP contribution in [0.25, 0.3) is 0 Å². The molecule has 0 amide bonds. The Morgan fingerprint density at radius 2 is 2.14 bits per heavy atom. The molecule has 1 saturated heterocycles. The van der Waals surface area contributed by atoms with Gasteiger partial charge in [-0.15, -0.1) is 0 Å². The van der Waals surface area contributed by atoms with E-state index in [4.69, 9.17) is 0 Å². The summed E-state index contributed by atoms with van der Waals surface area (Å²) in [5.74, 6) is 0. The molecule has 1 aromatic carbocycles. The van der Waals surface area contributed by atoms with Gasteiger partial charge in [-0.3, -0.25) is 4.31 Å². The van der Waals surface area contributed by atoms with E-state index >= 15 is 0 Å². The summed E-state index contributed by atoms with van der Waals surface area (Å²) in [4.78, 5) is 0. The second-order valence-electron chi connectivity index (χ2n) is 6.43. The van der Waals surface area contributed by atoms with Crippen LogP contribution >= 0.6 is 0 Å². The Hall–Kier alpha value is -1.07. The molecule has 2 heterocycles. The highest BCUT2D eigenvalue weighted by Crippen LogP contribution is 2.35. The smallest absolute Gasteiger partial charge is 0.232 e. The first kappa shape index (κ1) is 14.9. The Morgan fingerprint density at radius 1 is 1.33 bits per heavy atom. The topological polar surface area (TPSA) is 49.4 Å². The molecule has 0 aliphatic carbocycles. The van der Waals surface area contributed by atoms with Crippen LogP contribution in [0.2, 0.25) is 0 Å². The van der Waals surface area contributed by atoms with Crippen molar-refractivity contribution < 1.29 is 8.42 Å². The maximum absolute atomic E-state index is 11.9. The minimum absolute atomic E-state index is 0.0260. The van der Waals surface area contributed by atoms with Crippen LogP contribution in [-0.4, -0.2) is 33.3 Å². The van der Waals surface area contributed by atoms with Gasteiger partial charge in [-0.25, -0.2) is 8.42 Å². The number of nitrogens with zero attached hydrogens (tertiary/aromatic N) is 1. The van der Waals surface area contributed by atoms with Crippen molar-refractivity contribution >= 4 is 15.7 Å². The average Bonchev–Trinajstić information content (AvgIpc) is 2.74. The first-order valence-electron chi connectivity index (χ1n) is 7.80. The molecule has 0 radical (unpaired) electrons. The number of piperidine rings is 1. The van der Waals surface area contributed by atoms with Crippen molar-refractivity contribution in [2.45, 2.75) is 51.1 Å². The number of sulfonamides is 1. The molecule has 1 N–H and O–H groups in total. The van der Waals surface area contributed by atoms with Crippen molar-refractivity contribution in [2.24, 2.45) is 0 Å². The van der Waals surface area contributed by atoms with E-state index in [-0.39, 0.29) is 6.04 Å². The Labute approximate surface area is 127 Å². The van der Waals surface area contributed by atoms with Gasteiger partial charge in [-0.1, -0.05) is 18.6 Å². The van der Waals surface area contributed by atoms with Gasteiger partial charge in [0.1, 0.15) is 0 Å². The lowest BCUT2D eigenvalue weighted by atomic mass is 9.96. The van der Waals surface area contributed by atoms with E-state index in [2.05, 4.69) is 17.4 Å². The van der Waals surface area contributed by atoms with Crippen molar-refractivity contribution in [1.29, 1.82) is 0 Å². The molecule has 2 unspecified atom stereocenters. The molecule has 3 rings (SSSR count). The summed E-state index contributed by atoms with van der Waals surface area (Å²) in [5, 5.41) is 3.57. The van der Waals surface area contributed by atoms with E-state index < -0.39 is 10.0 Å². The van der Waals surface area contributed by atoms with Gasteiger partial charge in [0.2, 0.25) is 10.0 Å². The van der Waals surface area contributed by atoms with Crippen LogP contribution in [0.4, 0.5) is 5.69 Å². The molecule has 2 aliphatic heterocycles. The molecule has 0 bridgehead atoms. The fourth-order valence-corrected chi connectivity index (χ4v) is 4.93. The molecular weight excluding hydrogens is 284 g/mol. The van der Waals surface area contributed by atoms with Crippen molar-refractivity contribution in [3.8, 4) is 0 Å². The third-order valence-electron chi connectivity index (χ3n) is 4.55. The zero-order chi connectivity index (χ0) is 15.0. The van der Waals surface area contributed by atoms with E-state index in [1.807, 2.05) is 13.0 Å². The Morgan fingerprint density at radius 3 is 2.81 bits per heavy atom. The molecule has 116 valence electrons. The minimum atomic E-state index is -3.18. The summed E-state index contributed by atoms with van der Waals surface area (Å²) < 4.78 is 25.4. The number of nitrogens with one attached hydrogen (secondary N) is 1. The zero-order valence-electron chi connectivity index (χ0n) is 12.8. The Balaban J connectivity index is 1.81. The van der Waals surface area contributed by atoms with Gasteiger partial charge in [0.05, 0.1) is 11.9 Å². The lowest BCUT2D eigenvalue weighted by molar-refractivity contribution is 0.399. The van der Waals surface area contributed by atoms with Crippen LogP contribution in [0.15, 0.2) is 18.2 Å². The number of rotatable bonds is 3. The first-order valence-corrected chi connectivity index (χ1v) is 9.64. The molecule has 2 aliphatic rings. The monoisotopic (exact) mass is 308 g/mol. The second kappa shape index (κ2) is 5.61. The minimum Gasteiger partial charge on any atom is -0.314 e. The number of hydrogen-bond acceptors (Lipinski definition) is 3. The lowest BCUT2D eigenvalue weighted by Gasteiger charge is -2.24. The summed E-state index contributed by atoms with van der Waals surface area (Å²) in [5.41, 5.74) is 3.35. The van der Waals surface area contributed by atoms with Gasteiger partial charge in [-0.2, -0.15) is 0 Å². The first-order chi connectivity index (χ1) is 9.95. The molecule has 21 heavy (non-hydrogen) atoms. The summed E-state index contributed by atoms with van der Waals surface area (Å²) in [7, 11) is -3.18. The molecule has 1 fully saturated rings. The molecular formula is C16H24N2O2S. The van der Waals surface area contributed by atoms with Gasteiger partial charge in [0.15, 0.2) is 0 Å². The number of benzene rings is 1. The van der Waals surface area contributed by atoms with Crippen molar-refractivity contribution in [3.05, 3.63) is 29.3 Å². The maximum Gasteiger partial charge on any atom is 0.232 e. The summed E-state index contributed by atoms with van der Waals surface area (Å²) >= 11 is 0. The van der Waals surface area contributed by atoms with Gasteiger partial charge < -0.3 is 5.32 Å². The molecule has 0 aromatic heterocycles. The maximum atomic E-state index is 11.9. The quantitative estimate of drug-likeness (QED) is 0.930. The van der Waals surface area contributed by atoms with Crippen molar-refractivity contribution in [2.75, 3.05) is 17.1 Å². The summed E-state index contributed by atoms with van der Waals surface area (Å²) in [6.07, 6.45) is 6.97. The van der Waals surface area contributed by atoms with E-state index in [0.717, 1.165) is 25.1 Å². The molecule has 5 heteroatoms. The highest BCUT2D eigenvalue weighted by atomic mass is 32.2. The van der Waals surface area contributed by atoms with Crippen molar-refractivity contribution in [1.82, 2.24) is 5.32 Å². The van der Waals surface area contributed by atoms with Crippen LogP contribution in [-0.2, 0) is 22.9 Å². The molecule has 4 nitrogen and oxygen atoms in total. The largest absolute Gasteiger partial charge is 0.314 e. The van der Waals surface area contributed by atoms with Gasteiger partial charge >= 0.3 is 0 Å². The molecule has 0 saturated carbocycles. The standard InChI is InChI=1S/C16H24N2O2S/c1-12-9-14-10-13(11-15-5-3-4-8-17-15)6-7-16(14)18(12)21(2,19)20/h6-7,10,12,15,17H,3-5,8-9,11H2,1-2H3. The zero-order valence-corrected chi connectivity index (χ0v) is 13.6. The summed E-state index contributed by atoms with van der Waals surface area (Å²) in [6, 6.07) is 6.87. The number of fused-ring (bicyclic) bond motifs is 1. The Kier molecular flexibility index (Phi) is 3.97. The van der Waals surface area contributed by atoms with E-state index in [9.17, 15) is 8.42 Å². The van der Waals surface area contributed by atoms with E-state index in [1.54, 1.807) is 4.31 Å². The third-order valence-corrected chi connectivity index (χ3v) is 5.82. The molecule has 2 atom stereocenters. The van der Waals surface area contributed by atoms with E-state index in [0.29, 0.717) is 6.04 Å². The van der Waals surface area contributed by atoms with Crippen LogP contribution in [0, 0.1) is 0 Å². The predicted molar refractivity (Wildman–Crippen MR) is 86.3 cm³/mol. The van der Waals surface area contributed by atoms with Crippen LogP contribution < -0.4 is 9.62 Å². The van der Waals surface area contributed by atoms with Gasteiger partial charge in [-0.05, 0) is 56.3 Å². The van der Waals surface area contributed by atoms with Gasteiger partial charge in [0.25, 0.3) is 0 Å². The van der Waals surface area contributed by atoms with Crippen LogP contribution in [0.5, 0.6) is 0 Å². The Bertz CT molecular complexity index is 621. The van der Waals surface area contributed by atoms with Gasteiger partial charge in [0, 0.05) is 12.1 Å². The highest BCUT2D eigenvalue weighted by molar-refractivity contribution is 7.92. The van der Waals surface area contributed by atoms with Crippen LogP contribution in [0.3, 0.4) is 0 Å². The molecule has 1 aromatic rings. The second-order valence-corrected chi connectivity index (χ2v) is 8.29. The average molecular weight is 308 g/mol. The van der Waals surface area contributed by atoms with Crippen molar-refractivity contribution in [3.63, 3.8) is 0 Å². The van der Waals surface area contributed by atoms with E-state index in [1.165, 1.54) is 36.6 Å². The third kappa shape index (κ3) is 3.09. The number of hydrogen-bond donors (Lipinski definition) is 1. The predicted octanol–water partition coefficient (Wildman–Crippen LogP) is 2.08. The normalized spacial score (nSPS) is 25.9. The molecule has 0 spiro atoms. The lowest BCUT2D eigenvalue weighted by Crippen LogP contribution is -2.35. The summed E-state index contributed by atoms with van der Waals surface area (Å²) in [6.45, 7) is 3.10. The fraction of sp³-hybridized carbons (Fsp3) is 0.625. The number of anilines is 1. The highest BCUT2D eigenvalue weighted by Gasteiger charge is 2.32. The van der Waals surface area contributed by atoms with Crippen LogP contribution in [0.1, 0.15) is 37.3 Å². The fourth-order valence-electron chi connectivity index (χ4n) is 3.67.